The van der Waals surface area contributed by atoms with Crippen molar-refractivity contribution in [3.8, 4) is 0 Å². The van der Waals surface area contributed by atoms with E-state index in [1.165, 1.54) is 0 Å². The van der Waals surface area contributed by atoms with Gasteiger partial charge < -0.3 is 0 Å². The third kappa shape index (κ3) is 3.15. The van der Waals surface area contributed by atoms with E-state index in [0.29, 0.717) is 0 Å². The minimum Gasteiger partial charge on any atom is -0.275 e. The van der Waals surface area contributed by atoms with Crippen LogP contribution < -0.4 is 11.3 Å². The maximum absolute atomic E-state index is 6.27. The number of rotatable bonds is 4. The molecule has 1 atom stereocenters. The monoisotopic (exact) mass is 278 g/mol. The average molecular weight is 279 g/mol. The van der Waals surface area contributed by atoms with Crippen molar-refractivity contribution < 1.29 is 0 Å². The van der Waals surface area contributed by atoms with Crippen molar-refractivity contribution >= 4 is 11.6 Å². The molecule has 0 amide bonds. The van der Waals surface area contributed by atoms with E-state index < -0.39 is 0 Å². The summed E-state index contributed by atoms with van der Waals surface area (Å²) >= 11 is 6.27. The van der Waals surface area contributed by atoms with Crippen LogP contribution in [0.3, 0.4) is 0 Å². The van der Waals surface area contributed by atoms with Crippen LogP contribution >= 0.6 is 11.6 Å². The molecule has 0 saturated heterocycles. The van der Waals surface area contributed by atoms with E-state index >= 15 is 0 Å². The number of aromatic nitrogens is 2. The molecule has 0 aliphatic carbocycles. The van der Waals surface area contributed by atoms with Crippen LogP contribution in [0.25, 0.3) is 0 Å². The van der Waals surface area contributed by atoms with Crippen LogP contribution in [0, 0.1) is 13.8 Å². The van der Waals surface area contributed by atoms with Gasteiger partial charge in [-0.1, -0.05) is 23.7 Å². The first kappa shape index (κ1) is 14.1. The van der Waals surface area contributed by atoms with E-state index in [2.05, 4.69) is 16.6 Å². The quantitative estimate of drug-likeness (QED) is 0.667. The first-order valence-corrected chi connectivity index (χ1v) is 6.60. The number of halogens is 1. The van der Waals surface area contributed by atoms with Gasteiger partial charge >= 0.3 is 0 Å². The highest BCUT2D eigenvalue weighted by Crippen LogP contribution is 2.25. The second-order valence-electron chi connectivity index (χ2n) is 4.86. The van der Waals surface area contributed by atoms with Crippen LogP contribution in [0.15, 0.2) is 24.4 Å². The van der Waals surface area contributed by atoms with Crippen LogP contribution in [0.5, 0.6) is 0 Å². The molecule has 1 aromatic carbocycles. The van der Waals surface area contributed by atoms with Gasteiger partial charge in [0.05, 0.1) is 11.7 Å². The lowest BCUT2D eigenvalue weighted by Crippen LogP contribution is -2.29. The Hall–Kier alpha value is -1.36. The summed E-state index contributed by atoms with van der Waals surface area (Å²) in [7, 11) is 1.91. The zero-order valence-electron chi connectivity index (χ0n) is 11.4. The Kier molecular flexibility index (Phi) is 4.24. The van der Waals surface area contributed by atoms with E-state index in [0.717, 1.165) is 33.8 Å². The second-order valence-corrected chi connectivity index (χ2v) is 5.27. The van der Waals surface area contributed by atoms with Crippen molar-refractivity contribution in [3.63, 3.8) is 0 Å². The Morgan fingerprint density at radius 1 is 1.42 bits per heavy atom. The van der Waals surface area contributed by atoms with Crippen LogP contribution in [-0.4, -0.2) is 9.78 Å². The predicted octanol–water partition coefficient (Wildman–Crippen LogP) is 2.44. The lowest BCUT2D eigenvalue weighted by Gasteiger charge is -2.16. The van der Waals surface area contributed by atoms with Crippen molar-refractivity contribution in [3.05, 3.63) is 51.8 Å². The number of nitrogens with zero attached hydrogens (tertiary/aromatic N) is 2. The number of benzene rings is 1. The van der Waals surface area contributed by atoms with Gasteiger partial charge in [0.2, 0.25) is 0 Å². The summed E-state index contributed by atoms with van der Waals surface area (Å²) in [6, 6.07) is 6.09. The molecule has 0 aliphatic heterocycles. The molecule has 2 aromatic rings. The number of hydrazine groups is 1. The van der Waals surface area contributed by atoms with Crippen molar-refractivity contribution in [2.24, 2.45) is 12.9 Å². The molecule has 102 valence electrons. The summed E-state index contributed by atoms with van der Waals surface area (Å²) in [4.78, 5) is 0. The highest BCUT2D eigenvalue weighted by atomic mass is 35.5. The molecular formula is C14H19ClN4. The molecular weight excluding hydrogens is 260 g/mol. The van der Waals surface area contributed by atoms with E-state index in [-0.39, 0.29) is 6.04 Å². The number of nitrogens with one attached hydrogen (secondary N) is 1. The fourth-order valence-electron chi connectivity index (χ4n) is 2.26. The minimum absolute atomic E-state index is 0.00825. The summed E-state index contributed by atoms with van der Waals surface area (Å²) in [6.07, 6.45) is 2.73. The van der Waals surface area contributed by atoms with Gasteiger partial charge in [-0.2, -0.15) is 5.10 Å². The summed E-state index contributed by atoms with van der Waals surface area (Å²) < 4.78 is 1.80. The fraction of sp³-hybridized carbons (Fsp3) is 0.357. The minimum atomic E-state index is 0.00825. The van der Waals surface area contributed by atoms with Crippen LogP contribution in [0.4, 0.5) is 0 Å². The molecule has 0 fully saturated rings. The Labute approximate surface area is 118 Å². The van der Waals surface area contributed by atoms with Gasteiger partial charge in [0.15, 0.2) is 0 Å². The smallest absolute Gasteiger partial charge is 0.0642 e. The lowest BCUT2D eigenvalue weighted by molar-refractivity contribution is 0.549. The van der Waals surface area contributed by atoms with Gasteiger partial charge in [-0.05, 0) is 37.5 Å². The van der Waals surface area contributed by atoms with E-state index in [9.17, 15) is 0 Å². The normalized spacial score (nSPS) is 12.7. The second kappa shape index (κ2) is 5.74. The van der Waals surface area contributed by atoms with Crippen molar-refractivity contribution in [2.75, 3.05) is 0 Å². The Bertz CT molecular complexity index is 577. The molecule has 4 nitrogen and oxygen atoms in total. The number of aryl methyl sites for hydroxylation is 3. The Morgan fingerprint density at radius 3 is 2.68 bits per heavy atom. The molecule has 1 unspecified atom stereocenters. The molecule has 5 heteroatoms. The molecule has 3 N–H and O–H groups in total. The molecule has 0 bridgehead atoms. The maximum atomic E-state index is 6.27. The third-order valence-electron chi connectivity index (χ3n) is 3.26. The van der Waals surface area contributed by atoms with Crippen LogP contribution in [0.2, 0.25) is 5.02 Å². The van der Waals surface area contributed by atoms with Gasteiger partial charge in [-0.15, -0.1) is 0 Å². The van der Waals surface area contributed by atoms with Crippen LogP contribution in [-0.2, 0) is 13.5 Å². The van der Waals surface area contributed by atoms with Gasteiger partial charge in [0.25, 0.3) is 0 Å². The molecule has 0 aliphatic rings. The Balaban J connectivity index is 2.26. The molecule has 19 heavy (non-hydrogen) atoms. The van der Waals surface area contributed by atoms with E-state index in [4.69, 9.17) is 17.4 Å². The summed E-state index contributed by atoms with van der Waals surface area (Å²) in [6.45, 7) is 4.01. The first-order chi connectivity index (χ1) is 9.01. The molecule has 2 rings (SSSR count). The topological polar surface area (TPSA) is 55.9 Å². The van der Waals surface area contributed by atoms with Crippen molar-refractivity contribution in [1.29, 1.82) is 0 Å². The molecule has 0 spiro atoms. The molecule has 0 saturated carbocycles. The summed E-state index contributed by atoms with van der Waals surface area (Å²) in [5.74, 6) is 5.68. The number of nitrogens with two attached hydrogens (primary N) is 1. The maximum Gasteiger partial charge on any atom is 0.0642 e. The lowest BCUT2D eigenvalue weighted by atomic mass is 9.99. The van der Waals surface area contributed by atoms with Gasteiger partial charge in [-0.25, -0.2) is 0 Å². The molecule has 1 heterocycles. The van der Waals surface area contributed by atoms with Gasteiger partial charge in [0, 0.05) is 23.8 Å². The zero-order valence-corrected chi connectivity index (χ0v) is 12.2. The van der Waals surface area contributed by atoms with E-state index in [1.807, 2.05) is 39.2 Å². The number of hydrogen-bond donors (Lipinski definition) is 2. The fourth-order valence-corrected chi connectivity index (χ4v) is 2.57. The number of hydrogen-bond acceptors (Lipinski definition) is 3. The molecule has 0 radical (unpaired) electrons. The highest BCUT2D eigenvalue weighted by Gasteiger charge is 2.17. The Morgan fingerprint density at radius 2 is 2.16 bits per heavy atom. The summed E-state index contributed by atoms with van der Waals surface area (Å²) in [5, 5.41) is 5.13. The van der Waals surface area contributed by atoms with Crippen LogP contribution in [0.1, 0.15) is 28.4 Å². The largest absolute Gasteiger partial charge is 0.275 e. The van der Waals surface area contributed by atoms with Crippen molar-refractivity contribution in [1.82, 2.24) is 15.2 Å². The van der Waals surface area contributed by atoms with Gasteiger partial charge in [-0.3, -0.25) is 16.0 Å². The predicted molar refractivity (Wildman–Crippen MR) is 77.9 cm³/mol. The zero-order chi connectivity index (χ0) is 14.0. The van der Waals surface area contributed by atoms with E-state index in [1.54, 1.807) is 4.68 Å². The van der Waals surface area contributed by atoms with Gasteiger partial charge in [0.1, 0.15) is 0 Å². The molecule has 1 aromatic heterocycles. The standard InChI is InChI=1S/C14H19ClN4/c1-9-4-5-11(13(15)6-9)7-14(17-16)12-8-19(3)18-10(12)2/h4-6,8,14,17H,7,16H2,1-3H3. The SMILES string of the molecule is Cc1ccc(CC(NN)c2cn(C)nc2C)c(Cl)c1. The average Bonchev–Trinajstić information content (AvgIpc) is 2.68. The third-order valence-corrected chi connectivity index (χ3v) is 3.61. The highest BCUT2D eigenvalue weighted by molar-refractivity contribution is 6.31. The first-order valence-electron chi connectivity index (χ1n) is 6.22. The van der Waals surface area contributed by atoms with Crippen molar-refractivity contribution in [2.45, 2.75) is 26.3 Å². The summed E-state index contributed by atoms with van der Waals surface area (Å²) in [5.41, 5.74) is 7.17.